The molecule has 0 aliphatic carbocycles. The highest BCUT2D eigenvalue weighted by Crippen LogP contribution is 2.21. The fraction of sp³-hybridized carbons (Fsp3) is 0.429. The number of nitrogens with zero attached hydrogens (tertiary/aromatic N) is 5. The first kappa shape index (κ1) is 17.0. The molecular weight excluding hydrogens is 322 g/mol. The van der Waals surface area contributed by atoms with Crippen molar-refractivity contribution in [2.24, 2.45) is 5.92 Å². The summed E-state index contributed by atoms with van der Waals surface area (Å²) in [6, 6.07) is 11.0. The molecule has 0 radical (unpaired) electrons. The molecule has 1 fully saturated rings. The Morgan fingerprint density at radius 3 is 2.54 bits per heavy atom. The second-order valence-electron chi connectivity index (χ2n) is 7.39. The monoisotopic (exact) mass is 349 g/mol. The third-order valence-corrected chi connectivity index (χ3v) is 5.31. The lowest BCUT2D eigenvalue weighted by Gasteiger charge is -2.33. The summed E-state index contributed by atoms with van der Waals surface area (Å²) in [4.78, 5) is 6.95. The van der Waals surface area contributed by atoms with E-state index in [0.717, 1.165) is 31.4 Å². The summed E-state index contributed by atoms with van der Waals surface area (Å²) in [6.45, 7) is 7.43. The number of rotatable bonds is 6. The van der Waals surface area contributed by atoms with E-state index in [9.17, 15) is 0 Å². The molecule has 1 aliphatic heterocycles. The summed E-state index contributed by atoms with van der Waals surface area (Å²) < 4.78 is 4.25. The summed E-state index contributed by atoms with van der Waals surface area (Å²) in [6.07, 6.45) is 10.4. The number of imidazole rings is 1. The molecule has 0 saturated carbocycles. The van der Waals surface area contributed by atoms with Gasteiger partial charge in [-0.1, -0.05) is 24.3 Å². The van der Waals surface area contributed by atoms with Gasteiger partial charge >= 0.3 is 0 Å². The van der Waals surface area contributed by atoms with Crippen molar-refractivity contribution in [2.75, 3.05) is 13.1 Å². The van der Waals surface area contributed by atoms with Crippen molar-refractivity contribution in [2.45, 2.75) is 39.4 Å². The van der Waals surface area contributed by atoms with Crippen LogP contribution in [-0.4, -0.2) is 37.3 Å². The molecular formula is C21H27N5. The minimum Gasteiger partial charge on any atom is -0.335 e. The summed E-state index contributed by atoms with van der Waals surface area (Å²) in [5, 5.41) is 4.27. The van der Waals surface area contributed by atoms with E-state index >= 15 is 0 Å². The van der Waals surface area contributed by atoms with Gasteiger partial charge in [0.2, 0.25) is 0 Å². The maximum absolute atomic E-state index is 4.35. The van der Waals surface area contributed by atoms with Crippen LogP contribution in [0.1, 0.15) is 29.8 Å². The van der Waals surface area contributed by atoms with E-state index in [-0.39, 0.29) is 0 Å². The number of aromatic nitrogens is 4. The van der Waals surface area contributed by atoms with Gasteiger partial charge in [0.15, 0.2) is 0 Å². The van der Waals surface area contributed by atoms with Gasteiger partial charge in [0.1, 0.15) is 5.82 Å². The molecule has 1 atom stereocenters. The van der Waals surface area contributed by atoms with Crippen LogP contribution in [0.4, 0.5) is 0 Å². The topological polar surface area (TPSA) is 38.9 Å². The molecule has 1 saturated heterocycles. The van der Waals surface area contributed by atoms with Crippen LogP contribution >= 0.6 is 0 Å². The smallest absolute Gasteiger partial charge is 0.105 e. The molecule has 1 aromatic carbocycles. The molecule has 26 heavy (non-hydrogen) atoms. The van der Waals surface area contributed by atoms with E-state index in [2.05, 4.69) is 56.9 Å². The number of hydrogen-bond acceptors (Lipinski definition) is 3. The zero-order valence-electron chi connectivity index (χ0n) is 15.5. The lowest BCUT2D eigenvalue weighted by atomic mass is 9.97. The van der Waals surface area contributed by atoms with E-state index in [1.54, 1.807) is 0 Å². The number of benzene rings is 1. The van der Waals surface area contributed by atoms with E-state index < -0.39 is 0 Å². The number of likely N-dealkylation sites (tertiary alicyclic amines) is 1. The second-order valence-corrected chi connectivity index (χ2v) is 7.39. The van der Waals surface area contributed by atoms with E-state index in [0.29, 0.717) is 0 Å². The van der Waals surface area contributed by atoms with Crippen LogP contribution in [-0.2, 0) is 19.6 Å². The van der Waals surface area contributed by atoms with Gasteiger partial charge in [-0.2, -0.15) is 5.10 Å². The molecule has 1 aliphatic rings. The third kappa shape index (κ3) is 4.22. The van der Waals surface area contributed by atoms with Gasteiger partial charge in [0.05, 0.1) is 6.54 Å². The van der Waals surface area contributed by atoms with Crippen molar-refractivity contribution in [3.8, 4) is 0 Å². The van der Waals surface area contributed by atoms with Gasteiger partial charge in [-0.3, -0.25) is 9.58 Å². The Kier molecular flexibility index (Phi) is 5.16. The van der Waals surface area contributed by atoms with Gasteiger partial charge < -0.3 is 4.57 Å². The van der Waals surface area contributed by atoms with Gasteiger partial charge in [0.25, 0.3) is 0 Å². The molecule has 0 N–H and O–H groups in total. The van der Waals surface area contributed by atoms with Crippen molar-refractivity contribution >= 4 is 0 Å². The van der Waals surface area contributed by atoms with E-state index in [1.807, 2.05) is 29.3 Å². The molecule has 2 aromatic heterocycles. The maximum atomic E-state index is 4.35. The van der Waals surface area contributed by atoms with Crippen LogP contribution in [0.25, 0.3) is 0 Å². The van der Waals surface area contributed by atoms with Crippen LogP contribution < -0.4 is 0 Å². The first-order valence-electron chi connectivity index (χ1n) is 9.51. The Hall–Kier alpha value is -2.40. The summed E-state index contributed by atoms with van der Waals surface area (Å²) in [7, 11) is 0. The largest absolute Gasteiger partial charge is 0.335 e. The van der Waals surface area contributed by atoms with Crippen LogP contribution in [0, 0.1) is 12.8 Å². The molecule has 3 aromatic rings. The molecule has 0 spiro atoms. The molecule has 0 unspecified atom stereocenters. The van der Waals surface area contributed by atoms with E-state index in [4.69, 9.17) is 0 Å². The molecule has 5 nitrogen and oxygen atoms in total. The van der Waals surface area contributed by atoms with Crippen LogP contribution in [0.5, 0.6) is 0 Å². The van der Waals surface area contributed by atoms with Crippen molar-refractivity contribution < 1.29 is 0 Å². The maximum Gasteiger partial charge on any atom is 0.105 e. The van der Waals surface area contributed by atoms with Gasteiger partial charge in [-0.15, -0.1) is 0 Å². The first-order chi connectivity index (χ1) is 12.8. The van der Waals surface area contributed by atoms with Gasteiger partial charge in [-0.25, -0.2) is 4.98 Å². The van der Waals surface area contributed by atoms with Crippen molar-refractivity contribution in [3.05, 3.63) is 72.1 Å². The molecule has 5 heteroatoms. The fourth-order valence-electron chi connectivity index (χ4n) is 3.91. The lowest BCUT2D eigenvalue weighted by molar-refractivity contribution is 0.155. The lowest BCUT2D eigenvalue weighted by Crippen LogP contribution is -2.36. The Morgan fingerprint density at radius 2 is 1.85 bits per heavy atom. The predicted molar refractivity (Wildman–Crippen MR) is 103 cm³/mol. The molecule has 4 rings (SSSR count). The summed E-state index contributed by atoms with van der Waals surface area (Å²) in [5.41, 5.74) is 2.69. The van der Waals surface area contributed by atoms with Crippen molar-refractivity contribution in [1.29, 1.82) is 0 Å². The van der Waals surface area contributed by atoms with Crippen molar-refractivity contribution in [3.63, 3.8) is 0 Å². The normalized spacial score (nSPS) is 18.3. The molecule has 0 amide bonds. The van der Waals surface area contributed by atoms with Gasteiger partial charge in [-0.05, 0) is 49.4 Å². The highest BCUT2D eigenvalue weighted by atomic mass is 15.3. The van der Waals surface area contributed by atoms with Crippen LogP contribution in [0.3, 0.4) is 0 Å². The third-order valence-electron chi connectivity index (χ3n) is 5.31. The second kappa shape index (κ2) is 7.87. The average molecular weight is 349 g/mol. The Labute approximate surface area is 155 Å². The zero-order valence-corrected chi connectivity index (χ0v) is 15.5. The van der Waals surface area contributed by atoms with E-state index in [1.165, 1.54) is 37.1 Å². The Balaban J connectivity index is 1.32. The minimum atomic E-state index is 0.718. The van der Waals surface area contributed by atoms with Gasteiger partial charge in [0, 0.05) is 44.4 Å². The fourth-order valence-corrected chi connectivity index (χ4v) is 3.91. The van der Waals surface area contributed by atoms with Crippen LogP contribution in [0.15, 0.2) is 55.1 Å². The zero-order chi connectivity index (χ0) is 17.8. The number of piperidine rings is 1. The summed E-state index contributed by atoms with van der Waals surface area (Å²) >= 11 is 0. The number of hydrogen-bond donors (Lipinski definition) is 0. The molecule has 3 heterocycles. The minimum absolute atomic E-state index is 0.718. The van der Waals surface area contributed by atoms with Crippen molar-refractivity contribution in [1.82, 2.24) is 24.2 Å². The highest BCUT2D eigenvalue weighted by molar-refractivity contribution is 5.22. The SMILES string of the molecule is Cc1nccn1C[C@H]1CCCN(Cc2ccc(Cn3cccn3)cc2)C1. The molecule has 0 bridgehead atoms. The quantitative estimate of drug-likeness (QED) is 0.685. The first-order valence-corrected chi connectivity index (χ1v) is 9.51. The Morgan fingerprint density at radius 1 is 1.04 bits per heavy atom. The predicted octanol–water partition coefficient (Wildman–Crippen LogP) is 3.35. The van der Waals surface area contributed by atoms with Crippen LogP contribution in [0.2, 0.25) is 0 Å². The Bertz CT molecular complexity index is 803. The highest BCUT2D eigenvalue weighted by Gasteiger charge is 2.20. The summed E-state index contributed by atoms with van der Waals surface area (Å²) in [5.74, 6) is 1.84. The average Bonchev–Trinajstić information content (AvgIpc) is 3.30. The standard InChI is InChI=1S/C21H27N5/c1-18-22-10-13-25(18)16-21-4-2-11-24(15-21)14-19-5-7-20(8-6-19)17-26-12-3-9-23-26/h3,5-10,12-13,21H,2,4,11,14-17H2,1H3/t21-/m0/s1. The molecule has 136 valence electrons. The number of aryl methyl sites for hydroxylation is 1.